The predicted molar refractivity (Wildman–Crippen MR) is 84.2 cm³/mol. The van der Waals surface area contributed by atoms with Crippen LogP contribution in [0.5, 0.6) is 0 Å². The van der Waals surface area contributed by atoms with Gasteiger partial charge >= 0.3 is 12.0 Å². The van der Waals surface area contributed by atoms with Gasteiger partial charge in [0.2, 0.25) is 0 Å². The van der Waals surface area contributed by atoms with E-state index in [4.69, 9.17) is 9.84 Å². The van der Waals surface area contributed by atoms with Crippen LogP contribution in [0.25, 0.3) is 0 Å². The topological polar surface area (TPSA) is 87.7 Å². The van der Waals surface area contributed by atoms with Crippen molar-refractivity contribution in [3.63, 3.8) is 0 Å². The van der Waals surface area contributed by atoms with E-state index in [1.807, 2.05) is 36.4 Å². The average Bonchev–Trinajstić information content (AvgIpc) is 2.38. The molecule has 7 heteroatoms. The molecule has 2 amide bonds. The van der Waals surface area contributed by atoms with Crippen LogP contribution in [0.4, 0.5) is 10.5 Å². The molecule has 20 heavy (non-hydrogen) atoms. The number of urea groups is 1. The maximum absolute atomic E-state index is 11.7. The number of amides is 2. The van der Waals surface area contributed by atoms with Crippen LogP contribution >= 0.6 is 22.6 Å². The molecule has 1 atom stereocenters. The van der Waals surface area contributed by atoms with Crippen LogP contribution in [-0.4, -0.2) is 36.4 Å². The predicted octanol–water partition coefficient (Wildman–Crippen LogP) is 2.54. The van der Waals surface area contributed by atoms with E-state index in [0.29, 0.717) is 13.2 Å². The van der Waals surface area contributed by atoms with Crippen LogP contribution in [-0.2, 0) is 4.74 Å². The number of benzene rings is 1. The number of nitrogens with one attached hydrogen (secondary N) is 2. The van der Waals surface area contributed by atoms with Gasteiger partial charge in [-0.05, 0) is 54.6 Å². The zero-order valence-electron chi connectivity index (χ0n) is 11.3. The van der Waals surface area contributed by atoms with E-state index in [1.165, 1.54) is 6.07 Å². The number of carboxylic acid groups (broad SMARTS) is 1. The minimum atomic E-state index is -1.08. The highest BCUT2D eigenvalue weighted by Crippen LogP contribution is 2.18. The number of halogens is 1. The van der Waals surface area contributed by atoms with Gasteiger partial charge in [-0.15, -0.1) is 0 Å². The molecule has 0 saturated heterocycles. The minimum Gasteiger partial charge on any atom is -0.478 e. The van der Waals surface area contributed by atoms with Crippen LogP contribution < -0.4 is 10.6 Å². The van der Waals surface area contributed by atoms with E-state index in [9.17, 15) is 9.59 Å². The fourth-order valence-electron chi connectivity index (χ4n) is 1.55. The molecular formula is C13H17IN2O4. The fourth-order valence-corrected chi connectivity index (χ4v) is 2.04. The molecule has 0 bridgehead atoms. The number of hydrogen-bond acceptors (Lipinski definition) is 3. The number of hydrogen-bond donors (Lipinski definition) is 3. The molecule has 0 fully saturated rings. The number of rotatable bonds is 6. The summed E-state index contributed by atoms with van der Waals surface area (Å²) in [6.07, 6.45) is -0.0959. The summed E-state index contributed by atoms with van der Waals surface area (Å²) < 4.78 is 6.07. The Hall–Kier alpha value is -1.35. The summed E-state index contributed by atoms with van der Waals surface area (Å²) in [6, 6.07) is 4.34. The molecule has 0 saturated carbocycles. The molecule has 0 aliphatic rings. The lowest BCUT2D eigenvalue weighted by atomic mass is 10.2. The van der Waals surface area contributed by atoms with E-state index in [-0.39, 0.29) is 17.4 Å². The summed E-state index contributed by atoms with van der Waals surface area (Å²) in [7, 11) is 0. The summed E-state index contributed by atoms with van der Waals surface area (Å²) >= 11 is 2.02. The van der Waals surface area contributed by atoms with Crippen molar-refractivity contribution >= 4 is 40.3 Å². The van der Waals surface area contributed by atoms with Crippen molar-refractivity contribution in [2.45, 2.75) is 20.0 Å². The Bertz CT molecular complexity index is 493. The lowest BCUT2D eigenvalue weighted by molar-refractivity contribution is 0.0697. The molecule has 0 heterocycles. The Labute approximate surface area is 131 Å². The third kappa shape index (κ3) is 5.33. The van der Waals surface area contributed by atoms with Crippen LogP contribution in [0, 0.1) is 3.57 Å². The zero-order valence-corrected chi connectivity index (χ0v) is 13.4. The molecular weight excluding hydrogens is 375 g/mol. The Morgan fingerprint density at radius 2 is 2.15 bits per heavy atom. The highest BCUT2D eigenvalue weighted by Gasteiger charge is 2.13. The summed E-state index contributed by atoms with van der Waals surface area (Å²) in [4.78, 5) is 22.8. The van der Waals surface area contributed by atoms with E-state index < -0.39 is 12.0 Å². The summed E-state index contributed by atoms with van der Waals surface area (Å²) in [5.74, 6) is -1.08. The van der Waals surface area contributed by atoms with Gasteiger partial charge in [-0.3, -0.25) is 0 Å². The summed E-state index contributed by atoms with van der Waals surface area (Å²) in [5.41, 5.74) is 0.324. The van der Waals surface area contributed by atoms with Crippen LogP contribution in [0.3, 0.4) is 0 Å². The molecule has 110 valence electrons. The largest absolute Gasteiger partial charge is 0.478 e. The second-order valence-electron chi connectivity index (χ2n) is 4.10. The van der Waals surface area contributed by atoms with Gasteiger partial charge in [0.05, 0.1) is 17.4 Å². The molecule has 1 rings (SSSR count). The van der Waals surface area contributed by atoms with Gasteiger partial charge in [-0.25, -0.2) is 9.59 Å². The Kier molecular flexibility index (Phi) is 6.73. The van der Waals surface area contributed by atoms with Crippen LogP contribution in [0.2, 0.25) is 0 Å². The quantitative estimate of drug-likeness (QED) is 0.650. The maximum Gasteiger partial charge on any atom is 0.337 e. The molecule has 1 aromatic rings. The summed E-state index contributed by atoms with van der Waals surface area (Å²) in [5, 5.41) is 14.2. The third-order valence-corrected chi connectivity index (χ3v) is 3.13. The van der Waals surface area contributed by atoms with E-state index in [0.717, 1.165) is 3.57 Å². The fraction of sp³-hybridized carbons (Fsp3) is 0.385. The van der Waals surface area contributed by atoms with Gasteiger partial charge in [0, 0.05) is 16.7 Å². The van der Waals surface area contributed by atoms with E-state index in [1.54, 1.807) is 12.1 Å². The van der Waals surface area contributed by atoms with Crippen molar-refractivity contribution in [1.82, 2.24) is 5.32 Å². The summed E-state index contributed by atoms with van der Waals surface area (Å²) in [6.45, 7) is 4.65. The lowest BCUT2D eigenvalue weighted by Gasteiger charge is -2.14. The standard InChI is InChI=1S/C13H17IN2O4/c1-3-20-8(2)7-15-13(19)16-11-5-4-9(14)6-10(11)12(17)18/h4-6,8H,3,7H2,1-2H3,(H,17,18)(H2,15,16,19). The lowest BCUT2D eigenvalue weighted by Crippen LogP contribution is -2.35. The molecule has 0 aliphatic heterocycles. The number of ether oxygens (including phenoxy) is 1. The van der Waals surface area contributed by atoms with Gasteiger partial charge < -0.3 is 20.5 Å². The van der Waals surface area contributed by atoms with Gasteiger partial charge in [-0.2, -0.15) is 0 Å². The maximum atomic E-state index is 11.7. The first-order valence-electron chi connectivity index (χ1n) is 6.13. The molecule has 0 aliphatic carbocycles. The molecule has 0 aromatic heterocycles. The number of anilines is 1. The smallest absolute Gasteiger partial charge is 0.337 e. The van der Waals surface area contributed by atoms with Gasteiger partial charge in [-0.1, -0.05) is 0 Å². The van der Waals surface area contributed by atoms with Gasteiger partial charge in [0.15, 0.2) is 0 Å². The van der Waals surface area contributed by atoms with Crippen LogP contribution in [0.15, 0.2) is 18.2 Å². The van der Waals surface area contributed by atoms with Gasteiger partial charge in [0.25, 0.3) is 0 Å². The normalized spacial score (nSPS) is 11.8. The first-order chi connectivity index (χ1) is 9.43. The highest BCUT2D eigenvalue weighted by atomic mass is 127. The molecule has 1 aromatic carbocycles. The second-order valence-corrected chi connectivity index (χ2v) is 5.34. The number of carboxylic acids is 1. The second kappa shape index (κ2) is 8.05. The molecule has 6 nitrogen and oxygen atoms in total. The van der Waals surface area contributed by atoms with E-state index in [2.05, 4.69) is 10.6 Å². The molecule has 3 N–H and O–H groups in total. The van der Waals surface area contributed by atoms with Crippen molar-refractivity contribution < 1.29 is 19.4 Å². The van der Waals surface area contributed by atoms with Crippen molar-refractivity contribution in [3.8, 4) is 0 Å². The first-order valence-corrected chi connectivity index (χ1v) is 7.21. The number of carbonyl (C=O) groups is 2. The average molecular weight is 392 g/mol. The minimum absolute atomic E-state index is 0.0601. The Morgan fingerprint density at radius 1 is 1.45 bits per heavy atom. The van der Waals surface area contributed by atoms with Crippen molar-refractivity contribution in [2.75, 3.05) is 18.5 Å². The van der Waals surface area contributed by atoms with Gasteiger partial charge in [0.1, 0.15) is 0 Å². The molecule has 1 unspecified atom stereocenters. The highest BCUT2D eigenvalue weighted by molar-refractivity contribution is 14.1. The van der Waals surface area contributed by atoms with Crippen molar-refractivity contribution in [3.05, 3.63) is 27.3 Å². The Morgan fingerprint density at radius 3 is 2.75 bits per heavy atom. The first kappa shape index (κ1) is 16.7. The monoisotopic (exact) mass is 392 g/mol. The molecule has 0 radical (unpaired) electrons. The van der Waals surface area contributed by atoms with Crippen molar-refractivity contribution in [1.29, 1.82) is 0 Å². The van der Waals surface area contributed by atoms with Crippen molar-refractivity contribution in [2.24, 2.45) is 0 Å². The zero-order chi connectivity index (χ0) is 15.1. The molecule has 0 spiro atoms. The third-order valence-electron chi connectivity index (χ3n) is 2.46. The number of aromatic carboxylic acids is 1. The van der Waals surface area contributed by atoms with E-state index >= 15 is 0 Å². The SMILES string of the molecule is CCOC(C)CNC(=O)Nc1ccc(I)cc1C(=O)O. The number of carbonyl (C=O) groups excluding carboxylic acids is 1. The Balaban J connectivity index is 2.64. The van der Waals surface area contributed by atoms with Crippen LogP contribution in [0.1, 0.15) is 24.2 Å².